The van der Waals surface area contributed by atoms with Crippen LogP contribution in [-0.4, -0.2) is 35.9 Å². The Labute approximate surface area is 178 Å². The Morgan fingerprint density at radius 3 is 2.83 bits per heavy atom. The molecule has 1 amide bonds. The third-order valence-electron chi connectivity index (χ3n) is 4.84. The molecule has 1 atom stereocenters. The third-order valence-corrected chi connectivity index (χ3v) is 7.00. The maximum absolute atomic E-state index is 13.0. The highest BCUT2D eigenvalue weighted by molar-refractivity contribution is 7.99. The Hall–Kier alpha value is -1.96. The van der Waals surface area contributed by atoms with Gasteiger partial charge in [0, 0.05) is 17.9 Å². The Balaban J connectivity index is 1.39. The quantitative estimate of drug-likeness (QED) is 0.349. The monoisotopic (exact) mass is 430 g/mol. The molecule has 29 heavy (non-hydrogen) atoms. The topological polar surface area (TPSA) is 42.4 Å². The molecule has 0 saturated carbocycles. The van der Waals surface area contributed by atoms with Gasteiger partial charge in [0.25, 0.3) is 0 Å². The molecular weight excluding hydrogens is 407 g/mol. The van der Waals surface area contributed by atoms with Gasteiger partial charge in [-0.2, -0.15) is 0 Å². The van der Waals surface area contributed by atoms with Gasteiger partial charge < -0.3 is 4.74 Å². The molecule has 0 N–H and O–H groups in total. The third kappa shape index (κ3) is 5.35. The number of benzene rings is 2. The number of thioether (sulfide) groups is 1. The van der Waals surface area contributed by atoms with Gasteiger partial charge in [-0.25, -0.2) is 9.37 Å². The number of carbonyl (C=O) groups is 1. The van der Waals surface area contributed by atoms with Crippen molar-refractivity contribution in [3.8, 4) is 0 Å². The van der Waals surface area contributed by atoms with E-state index < -0.39 is 0 Å². The van der Waals surface area contributed by atoms with E-state index in [-0.39, 0.29) is 17.8 Å². The fourth-order valence-corrected chi connectivity index (χ4v) is 5.18. The lowest BCUT2D eigenvalue weighted by molar-refractivity contribution is -0.119. The van der Waals surface area contributed by atoms with Crippen LogP contribution < -0.4 is 4.90 Å². The first-order chi connectivity index (χ1) is 14.2. The molecule has 1 fully saturated rings. The van der Waals surface area contributed by atoms with Crippen LogP contribution in [0.5, 0.6) is 0 Å². The number of halogens is 1. The number of ether oxygens (including phenoxy) is 1. The van der Waals surface area contributed by atoms with Gasteiger partial charge in [0.15, 0.2) is 5.13 Å². The normalized spacial score (nSPS) is 16.4. The smallest absolute Gasteiger partial charge is 0.228 e. The first kappa shape index (κ1) is 20.3. The molecule has 2 aromatic carbocycles. The zero-order chi connectivity index (χ0) is 20.1. The molecular formula is C22H23FN2O2S2. The first-order valence-electron chi connectivity index (χ1n) is 9.85. The van der Waals surface area contributed by atoms with Crippen LogP contribution in [-0.2, 0) is 9.53 Å². The number of thiazole rings is 1. The number of para-hydroxylation sites is 1. The number of fused-ring (bicyclic) bond motifs is 1. The number of hydrogen-bond acceptors (Lipinski definition) is 5. The predicted molar refractivity (Wildman–Crippen MR) is 117 cm³/mol. The molecule has 0 radical (unpaired) electrons. The van der Waals surface area contributed by atoms with E-state index in [2.05, 4.69) is 4.98 Å². The van der Waals surface area contributed by atoms with Crippen molar-refractivity contribution < 1.29 is 13.9 Å². The highest BCUT2D eigenvalue weighted by Gasteiger charge is 2.25. The first-order valence-corrected chi connectivity index (χ1v) is 11.7. The number of nitrogens with zero attached hydrogens (tertiary/aromatic N) is 2. The summed E-state index contributed by atoms with van der Waals surface area (Å²) in [7, 11) is 0. The number of amides is 1. The molecule has 1 saturated heterocycles. The minimum absolute atomic E-state index is 0.0827. The second-order valence-electron chi connectivity index (χ2n) is 7.01. The summed E-state index contributed by atoms with van der Waals surface area (Å²) in [5, 5.41) is 0.748. The fraction of sp³-hybridized carbons (Fsp3) is 0.364. The van der Waals surface area contributed by atoms with Crippen LogP contribution in [0.25, 0.3) is 10.2 Å². The standard InChI is InChI=1S/C22H23FN2O2S2/c23-16-9-11-18(12-10-16)28-14-4-8-21(26)25(15-17-5-3-13-27-17)22-24-19-6-1-2-7-20(19)29-22/h1-2,6-7,9-12,17H,3-5,8,13-15H2. The van der Waals surface area contributed by atoms with Crippen molar-refractivity contribution >= 4 is 44.4 Å². The van der Waals surface area contributed by atoms with Gasteiger partial charge in [-0.3, -0.25) is 9.69 Å². The van der Waals surface area contributed by atoms with Gasteiger partial charge in [0.1, 0.15) is 5.82 Å². The minimum atomic E-state index is -0.231. The maximum Gasteiger partial charge on any atom is 0.228 e. The molecule has 0 bridgehead atoms. The summed E-state index contributed by atoms with van der Waals surface area (Å²) < 4.78 is 19.9. The number of hydrogen-bond donors (Lipinski definition) is 0. The van der Waals surface area contributed by atoms with Crippen LogP contribution in [0.1, 0.15) is 25.7 Å². The van der Waals surface area contributed by atoms with Crippen molar-refractivity contribution in [2.75, 3.05) is 23.8 Å². The van der Waals surface area contributed by atoms with Gasteiger partial charge >= 0.3 is 0 Å². The molecule has 1 aliphatic heterocycles. The predicted octanol–water partition coefficient (Wildman–Crippen LogP) is 5.52. The van der Waals surface area contributed by atoms with Crippen LogP contribution in [0.15, 0.2) is 53.4 Å². The van der Waals surface area contributed by atoms with Crippen LogP contribution in [0.4, 0.5) is 9.52 Å². The Morgan fingerprint density at radius 1 is 1.24 bits per heavy atom. The van der Waals surface area contributed by atoms with Crippen LogP contribution in [0.3, 0.4) is 0 Å². The van der Waals surface area contributed by atoms with Crippen LogP contribution >= 0.6 is 23.1 Å². The summed E-state index contributed by atoms with van der Waals surface area (Å²) in [5.74, 6) is 0.662. The molecule has 1 unspecified atom stereocenters. The average molecular weight is 431 g/mol. The summed E-state index contributed by atoms with van der Waals surface area (Å²) in [6.45, 7) is 1.32. The molecule has 0 spiro atoms. The van der Waals surface area contributed by atoms with Gasteiger partial charge in [-0.1, -0.05) is 23.5 Å². The van der Waals surface area contributed by atoms with E-state index in [1.165, 1.54) is 12.1 Å². The largest absolute Gasteiger partial charge is 0.376 e. The van der Waals surface area contributed by atoms with Crippen molar-refractivity contribution in [2.45, 2.75) is 36.7 Å². The van der Waals surface area contributed by atoms with Crippen molar-refractivity contribution in [1.82, 2.24) is 4.98 Å². The second-order valence-corrected chi connectivity index (χ2v) is 9.19. The van der Waals surface area contributed by atoms with E-state index in [9.17, 15) is 9.18 Å². The number of aromatic nitrogens is 1. The highest BCUT2D eigenvalue weighted by atomic mass is 32.2. The van der Waals surface area contributed by atoms with Crippen molar-refractivity contribution in [3.05, 3.63) is 54.3 Å². The summed E-state index contributed by atoms with van der Waals surface area (Å²) >= 11 is 3.19. The summed E-state index contributed by atoms with van der Waals surface area (Å²) in [4.78, 5) is 20.6. The van der Waals surface area contributed by atoms with E-state index >= 15 is 0 Å². The Kier molecular flexibility index (Phi) is 6.79. The van der Waals surface area contributed by atoms with Crippen molar-refractivity contribution in [1.29, 1.82) is 0 Å². The molecule has 4 rings (SSSR count). The molecule has 4 nitrogen and oxygen atoms in total. The zero-order valence-electron chi connectivity index (χ0n) is 16.1. The summed E-state index contributed by atoms with van der Waals surface area (Å²) in [6.07, 6.45) is 3.32. The lowest BCUT2D eigenvalue weighted by Gasteiger charge is -2.23. The number of carbonyl (C=O) groups excluding carboxylic acids is 1. The van der Waals surface area contributed by atoms with E-state index in [0.29, 0.717) is 13.0 Å². The lowest BCUT2D eigenvalue weighted by atomic mass is 10.2. The second kappa shape index (κ2) is 9.69. The molecule has 3 aromatic rings. The number of rotatable bonds is 8. The van der Waals surface area contributed by atoms with Crippen LogP contribution in [0.2, 0.25) is 0 Å². The van der Waals surface area contributed by atoms with E-state index in [4.69, 9.17) is 4.74 Å². The molecule has 7 heteroatoms. The van der Waals surface area contributed by atoms with Gasteiger partial charge in [0.05, 0.1) is 22.9 Å². The molecule has 1 aliphatic rings. The summed E-state index contributed by atoms with van der Waals surface area (Å²) in [5.41, 5.74) is 0.921. The lowest BCUT2D eigenvalue weighted by Crippen LogP contribution is -2.37. The Bertz CT molecular complexity index is 922. The van der Waals surface area contributed by atoms with Crippen molar-refractivity contribution in [3.63, 3.8) is 0 Å². The van der Waals surface area contributed by atoms with E-state index in [1.54, 1.807) is 35.2 Å². The zero-order valence-corrected chi connectivity index (χ0v) is 17.7. The van der Waals surface area contributed by atoms with Crippen molar-refractivity contribution in [2.24, 2.45) is 0 Å². The van der Waals surface area contributed by atoms with Gasteiger partial charge in [0.2, 0.25) is 5.91 Å². The van der Waals surface area contributed by atoms with E-state index in [0.717, 1.165) is 51.9 Å². The van der Waals surface area contributed by atoms with Crippen LogP contribution in [0, 0.1) is 5.82 Å². The number of anilines is 1. The highest BCUT2D eigenvalue weighted by Crippen LogP contribution is 2.30. The summed E-state index contributed by atoms with van der Waals surface area (Å²) in [6, 6.07) is 14.4. The minimum Gasteiger partial charge on any atom is -0.376 e. The fourth-order valence-electron chi connectivity index (χ4n) is 3.33. The average Bonchev–Trinajstić information content (AvgIpc) is 3.40. The Morgan fingerprint density at radius 2 is 2.07 bits per heavy atom. The van der Waals surface area contributed by atoms with Gasteiger partial charge in [-0.15, -0.1) is 11.8 Å². The molecule has 0 aliphatic carbocycles. The van der Waals surface area contributed by atoms with E-state index in [1.807, 2.05) is 29.2 Å². The maximum atomic E-state index is 13.0. The molecule has 1 aromatic heterocycles. The SMILES string of the molecule is O=C(CCCSc1ccc(F)cc1)N(CC1CCCO1)c1nc2ccccc2s1. The molecule has 152 valence electrons. The van der Waals surface area contributed by atoms with Gasteiger partial charge in [-0.05, 0) is 61.4 Å². The molecule has 2 heterocycles.